The summed E-state index contributed by atoms with van der Waals surface area (Å²) in [6.45, 7) is 1.25. The van der Waals surface area contributed by atoms with Gasteiger partial charge in [0.15, 0.2) is 9.84 Å². The van der Waals surface area contributed by atoms with Gasteiger partial charge in [-0.1, -0.05) is 29.3 Å². The lowest BCUT2D eigenvalue weighted by Crippen LogP contribution is -2.39. The molecule has 1 aromatic carbocycles. The molecule has 1 amide bonds. The lowest BCUT2D eigenvalue weighted by molar-refractivity contribution is -0.131. The molecule has 1 saturated heterocycles. The monoisotopic (exact) mass is 392 g/mol. The minimum Gasteiger partial charge on any atom is -0.342 e. The predicted molar refractivity (Wildman–Crippen MR) is 97.5 cm³/mol. The van der Waals surface area contributed by atoms with Crippen LogP contribution < -0.4 is 5.32 Å². The molecule has 1 unspecified atom stereocenters. The molecule has 5 nitrogen and oxygen atoms in total. The molecule has 134 valence electrons. The second-order valence-corrected chi connectivity index (χ2v) is 9.12. The van der Waals surface area contributed by atoms with Crippen LogP contribution in [0.4, 0.5) is 0 Å². The Morgan fingerprint density at radius 2 is 2.08 bits per heavy atom. The zero-order chi connectivity index (χ0) is 17.7. The second-order valence-electron chi connectivity index (χ2n) is 6.05. The van der Waals surface area contributed by atoms with Gasteiger partial charge in [0.25, 0.3) is 0 Å². The zero-order valence-electron chi connectivity index (χ0n) is 13.6. The predicted octanol–water partition coefficient (Wildman–Crippen LogP) is 2.16. The van der Waals surface area contributed by atoms with Crippen LogP contribution in [-0.4, -0.2) is 56.9 Å². The SMILES string of the molecule is CN(C(=O)CCNCCc1ccc(Cl)cc1Cl)C1CCS(=O)(=O)C1. The van der Waals surface area contributed by atoms with E-state index in [1.807, 2.05) is 6.07 Å². The smallest absolute Gasteiger partial charge is 0.223 e. The summed E-state index contributed by atoms with van der Waals surface area (Å²) in [4.78, 5) is 13.7. The Bertz CT molecular complexity index is 695. The quantitative estimate of drug-likeness (QED) is 0.721. The first-order chi connectivity index (χ1) is 11.3. The fourth-order valence-corrected chi connectivity index (χ4v) is 5.01. The highest BCUT2D eigenvalue weighted by atomic mass is 35.5. The molecular formula is C16H22Cl2N2O3S. The normalized spacial score (nSPS) is 19.4. The van der Waals surface area contributed by atoms with Crippen molar-refractivity contribution >= 4 is 38.9 Å². The molecule has 2 rings (SSSR count). The van der Waals surface area contributed by atoms with Crippen LogP contribution in [-0.2, 0) is 21.1 Å². The molecular weight excluding hydrogens is 371 g/mol. The van der Waals surface area contributed by atoms with Crippen LogP contribution in [0.3, 0.4) is 0 Å². The maximum absolute atomic E-state index is 12.1. The summed E-state index contributed by atoms with van der Waals surface area (Å²) in [6, 6.07) is 5.23. The molecule has 0 aliphatic carbocycles. The van der Waals surface area contributed by atoms with Gasteiger partial charge in [-0.05, 0) is 37.1 Å². The summed E-state index contributed by atoms with van der Waals surface area (Å²) >= 11 is 12.0. The third-order valence-corrected chi connectivity index (χ3v) is 6.59. The van der Waals surface area contributed by atoms with E-state index in [1.54, 1.807) is 24.1 Å². The van der Waals surface area contributed by atoms with Gasteiger partial charge in [0, 0.05) is 36.1 Å². The van der Waals surface area contributed by atoms with Crippen molar-refractivity contribution in [2.24, 2.45) is 0 Å². The number of amides is 1. The van der Waals surface area contributed by atoms with Gasteiger partial charge >= 0.3 is 0 Å². The highest BCUT2D eigenvalue weighted by Gasteiger charge is 2.32. The lowest BCUT2D eigenvalue weighted by Gasteiger charge is -2.23. The minimum absolute atomic E-state index is 0.0332. The van der Waals surface area contributed by atoms with Crippen LogP contribution >= 0.6 is 23.2 Å². The van der Waals surface area contributed by atoms with Crippen molar-refractivity contribution in [1.29, 1.82) is 0 Å². The van der Waals surface area contributed by atoms with Crippen LogP contribution in [0.15, 0.2) is 18.2 Å². The number of hydrogen-bond acceptors (Lipinski definition) is 4. The van der Waals surface area contributed by atoms with Gasteiger partial charge in [-0.3, -0.25) is 4.79 Å². The largest absolute Gasteiger partial charge is 0.342 e. The number of rotatable bonds is 7. The fraction of sp³-hybridized carbons (Fsp3) is 0.562. The zero-order valence-corrected chi connectivity index (χ0v) is 15.9. The number of sulfone groups is 1. The Hall–Kier alpha value is -0.820. The third kappa shape index (κ3) is 5.62. The van der Waals surface area contributed by atoms with Crippen molar-refractivity contribution in [1.82, 2.24) is 10.2 Å². The average Bonchev–Trinajstić information content (AvgIpc) is 2.88. The molecule has 1 N–H and O–H groups in total. The number of benzene rings is 1. The van der Waals surface area contributed by atoms with Crippen molar-refractivity contribution in [3.05, 3.63) is 33.8 Å². The van der Waals surface area contributed by atoms with Crippen molar-refractivity contribution < 1.29 is 13.2 Å². The van der Waals surface area contributed by atoms with Crippen LogP contribution in [0.25, 0.3) is 0 Å². The lowest BCUT2D eigenvalue weighted by atomic mass is 10.1. The number of hydrogen-bond donors (Lipinski definition) is 1. The average molecular weight is 393 g/mol. The van der Waals surface area contributed by atoms with Gasteiger partial charge in [0.05, 0.1) is 11.5 Å². The Labute approximate surface area is 153 Å². The van der Waals surface area contributed by atoms with E-state index >= 15 is 0 Å². The van der Waals surface area contributed by atoms with Gasteiger partial charge in [-0.15, -0.1) is 0 Å². The molecule has 1 aromatic rings. The molecule has 24 heavy (non-hydrogen) atoms. The Morgan fingerprint density at radius 1 is 1.33 bits per heavy atom. The summed E-state index contributed by atoms with van der Waals surface area (Å²) in [5, 5.41) is 4.46. The van der Waals surface area contributed by atoms with Gasteiger partial charge in [0.1, 0.15) is 0 Å². The molecule has 1 aliphatic rings. The van der Waals surface area contributed by atoms with Gasteiger partial charge in [0.2, 0.25) is 5.91 Å². The summed E-state index contributed by atoms with van der Waals surface area (Å²) in [5.74, 6) is 0.224. The Morgan fingerprint density at radius 3 is 2.71 bits per heavy atom. The fourth-order valence-electron chi connectivity index (χ4n) is 2.73. The van der Waals surface area contributed by atoms with Gasteiger partial charge in [-0.2, -0.15) is 0 Å². The summed E-state index contributed by atoms with van der Waals surface area (Å²) in [6.07, 6.45) is 1.63. The van der Waals surface area contributed by atoms with E-state index in [2.05, 4.69) is 5.32 Å². The summed E-state index contributed by atoms with van der Waals surface area (Å²) < 4.78 is 23.0. The first-order valence-electron chi connectivity index (χ1n) is 7.89. The first-order valence-corrected chi connectivity index (χ1v) is 10.5. The molecule has 1 heterocycles. The number of halogens is 2. The van der Waals surface area contributed by atoms with Crippen molar-refractivity contribution in [2.75, 3.05) is 31.6 Å². The van der Waals surface area contributed by atoms with Crippen LogP contribution in [0.5, 0.6) is 0 Å². The summed E-state index contributed by atoms with van der Waals surface area (Å²) in [7, 11) is -1.29. The highest BCUT2D eigenvalue weighted by Crippen LogP contribution is 2.21. The Balaban J connectivity index is 1.67. The first kappa shape index (κ1) is 19.5. The number of nitrogens with one attached hydrogen (secondary N) is 1. The van der Waals surface area contributed by atoms with E-state index in [4.69, 9.17) is 23.2 Å². The minimum atomic E-state index is -2.97. The third-order valence-electron chi connectivity index (χ3n) is 4.25. The number of carbonyl (C=O) groups is 1. The second kappa shape index (κ2) is 8.52. The number of nitrogens with zero attached hydrogens (tertiary/aromatic N) is 1. The maximum Gasteiger partial charge on any atom is 0.223 e. The molecule has 1 aliphatic heterocycles. The summed E-state index contributed by atoms with van der Waals surface area (Å²) in [5.41, 5.74) is 1.01. The molecule has 8 heteroatoms. The topological polar surface area (TPSA) is 66.5 Å². The number of carbonyl (C=O) groups excluding carboxylic acids is 1. The van der Waals surface area contributed by atoms with Crippen LogP contribution in [0, 0.1) is 0 Å². The standard InChI is InChI=1S/C16H22Cl2N2O3S/c1-20(14-6-9-24(22,23)11-14)16(21)5-8-19-7-4-12-2-3-13(17)10-15(12)18/h2-3,10,14,19H,4-9,11H2,1H3. The molecule has 1 fully saturated rings. The van der Waals surface area contributed by atoms with E-state index in [9.17, 15) is 13.2 Å². The molecule has 0 spiro atoms. The molecule has 0 saturated carbocycles. The van der Waals surface area contributed by atoms with Gasteiger partial charge in [-0.25, -0.2) is 8.42 Å². The van der Waals surface area contributed by atoms with Crippen molar-refractivity contribution in [3.63, 3.8) is 0 Å². The van der Waals surface area contributed by atoms with E-state index in [1.165, 1.54) is 0 Å². The Kier molecular flexibility index (Phi) is 6.92. The van der Waals surface area contributed by atoms with Gasteiger partial charge < -0.3 is 10.2 Å². The van der Waals surface area contributed by atoms with Crippen LogP contribution in [0.1, 0.15) is 18.4 Å². The van der Waals surface area contributed by atoms with Crippen molar-refractivity contribution in [3.8, 4) is 0 Å². The molecule has 0 radical (unpaired) electrons. The molecule has 0 bridgehead atoms. The van der Waals surface area contributed by atoms with E-state index in [0.717, 1.165) is 12.0 Å². The van der Waals surface area contributed by atoms with Crippen LogP contribution in [0.2, 0.25) is 10.0 Å². The van der Waals surface area contributed by atoms with Crippen molar-refractivity contribution in [2.45, 2.75) is 25.3 Å². The maximum atomic E-state index is 12.1. The molecule has 1 atom stereocenters. The highest BCUT2D eigenvalue weighted by molar-refractivity contribution is 7.91. The molecule has 0 aromatic heterocycles. The van der Waals surface area contributed by atoms with E-state index < -0.39 is 9.84 Å². The van der Waals surface area contributed by atoms with E-state index in [-0.39, 0.29) is 23.5 Å². The van der Waals surface area contributed by atoms with E-state index in [0.29, 0.717) is 36.0 Å².